The highest BCUT2D eigenvalue weighted by Crippen LogP contribution is 2.34. The second-order valence-electron chi connectivity index (χ2n) is 6.32. The summed E-state index contributed by atoms with van der Waals surface area (Å²) in [6.07, 6.45) is 2.43. The summed E-state index contributed by atoms with van der Waals surface area (Å²) in [4.78, 5) is 0. The van der Waals surface area contributed by atoms with E-state index in [1.807, 2.05) is 0 Å². The maximum absolute atomic E-state index is 5.83. The molecule has 0 bridgehead atoms. The Kier molecular flexibility index (Phi) is 4.92. The van der Waals surface area contributed by atoms with E-state index in [9.17, 15) is 0 Å². The van der Waals surface area contributed by atoms with Gasteiger partial charge in [-0.3, -0.25) is 0 Å². The molecule has 1 aliphatic rings. The van der Waals surface area contributed by atoms with Gasteiger partial charge < -0.3 is 14.8 Å². The molecule has 1 aromatic carbocycles. The van der Waals surface area contributed by atoms with Crippen molar-refractivity contribution in [3.05, 3.63) is 23.3 Å². The lowest BCUT2D eigenvalue weighted by molar-refractivity contribution is 0.254. The Balaban J connectivity index is 2.06. The number of benzene rings is 1. The van der Waals surface area contributed by atoms with Gasteiger partial charge in [0.25, 0.3) is 0 Å². The number of rotatable bonds is 6. The van der Waals surface area contributed by atoms with E-state index in [4.69, 9.17) is 9.47 Å². The highest BCUT2D eigenvalue weighted by atomic mass is 16.5. The van der Waals surface area contributed by atoms with Crippen molar-refractivity contribution in [2.45, 2.75) is 59.2 Å². The molecule has 1 aromatic rings. The zero-order chi connectivity index (χ0) is 14.7. The molecule has 112 valence electrons. The van der Waals surface area contributed by atoms with E-state index in [0.29, 0.717) is 12.0 Å². The van der Waals surface area contributed by atoms with Crippen molar-refractivity contribution in [2.24, 2.45) is 5.92 Å². The summed E-state index contributed by atoms with van der Waals surface area (Å²) in [5.41, 5.74) is 2.43. The third kappa shape index (κ3) is 3.66. The van der Waals surface area contributed by atoms with Gasteiger partial charge in [0, 0.05) is 30.1 Å². The standard InChI is InChI=1S/C17H27NO2/c1-11(2)6-12(3)18-10-15-9-17-14(7-13(4)20-17)8-16(15)19-5/h8-9,11-13,18H,6-7,10H2,1-5H3. The summed E-state index contributed by atoms with van der Waals surface area (Å²) < 4.78 is 11.4. The van der Waals surface area contributed by atoms with Crippen LogP contribution in [0.4, 0.5) is 0 Å². The number of fused-ring (bicyclic) bond motifs is 1. The Labute approximate surface area is 122 Å². The summed E-state index contributed by atoms with van der Waals surface area (Å²) in [6, 6.07) is 4.77. The fraction of sp³-hybridized carbons (Fsp3) is 0.647. The van der Waals surface area contributed by atoms with Gasteiger partial charge in [0.1, 0.15) is 17.6 Å². The van der Waals surface area contributed by atoms with E-state index >= 15 is 0 Å². The predicted octanol–water partition coefficient (Wildman–Crippen LogP) is 3.54. The first-order chi connectivity index (χ1) is 9.49. The van der Waals surface area contributed by atoms with Crippen LogP contribution < -0.4 is 14.8 Å². The van der Waals surface area contributed by atoms with Crippen molar-refractivity contribution >= 4 is 0 Å². The van der Waals surface area contributed by atoms with Crippen molar-refractivity contribution in [1.82, 2.24) is 5.32 Å². The van der Waals surface area contributed by atoms with Crippen molar-refractivity contribution < 1.29 is 9.47 Å². The van der Waals surface area contributed by atoms with Gasteiger partial charge in [0.05, 0.1) is 7.11 Å². The molecule has 20 heavy (non-hydrogen) atoms. The van der Waals surface area contributed by atoms with E-state index in [1.165, 1.54) is 17.5 Å². The molecule has 0 aliphatic carbocycles. The lowest BCUT2D eigenvalue weighted by atomic mass is 10.0. The van der Waals surface area contributed by atoms with Gasteiger partial charge in [-0.15, -0.1) is 0 Å². The Morgan fingerprint density at radius 2 is 2.10 bits per heavy atom. The Hall–Kier alpha value is -1.22. The molecule has 0 spiro atoms. The van der Waals surface area contributed by atoms with Crippen LogP contribution in [0.15, 0.2) is 12.1 Å². The zero-order valence-corrected chi connectivity index (χ0v) is 13.3. The zero-order valence-electron chi connectivity index (χ0n) is 13.3. The predicted molar refractivity (Wildman–Crippen MR) is 82.5 cm³/mol. The van der Waals surface area contributed by atoms with E-state index in [2.05, 4.69) is 45.1 Å². The third-order valence-corrected chi connectivity index (χ3v) is 3.76. The SMILES string of the molecule is COc1cc2c(cc1CNC(C)CC(C)C)OC(C)C2. The van der Waals surface area contributed by atoms with Crippen molar-refractivity contribution in [2.75, 3.05) is 7.11 Å². The molecule has 2 rings (SSSR count). The lowest BCUT2D eigenvalue weighted by Crippen LogP contribution is -2.27. The molecule has 0 saturated heterocycles. The number of nitrogens with one attached hydrogen (secondary N) is 1. The summed E-state index contributed by atoms with van der Waals surface area (Å²) in [5.74, 6) is 2.70. The average Bonchev–Trinajstić information content (AvgIpc) is 2.73. The monoisotopic (exact) mass is 277 g/mol. The molecule has 1 aliphatic heterocycles. The quantitative estimate of drug-likeness (QED) is 0.862. The minimum absolute atomic E-state index is 0.276. The van der Waals surface area contributed by atoms with Crippen LogP contribution in [0.1, 0.15) is 45.2 Å². The average molecular weight is 277 g/mol. The fourth-order valence-electron chi connectivity index (χ4n) is 2.88. The second kappa shape index (κ2) is 6.49. The highest BCUT2D eigenvalue weighted by molar-refractivity contribution is 5.48. The van der Waals surface area contributed by atoms with Crippen LogP contribution in [-0.2, 0) is 13.0 Å². The fourth-order valence-corrected chi connectivity index (χ4v) is 2.88. The van der Waals surface area contributed by atoms with E-state index in [0.717, 1.165) is 24.5 Å². The van der Waals surface area contributed by atoms with Crippen molar-refractivity contribution in [3.63, 3.8) is 0 Å². The normalized spacial score (nSPS) is 18.8. The maximum Gasteiger partial charge on any atom is 0.123 e. The lowest BCUT2D eigenvalue weighted by Gasteiger charge is -2.17. The first-order valence-electron chi connectivity index (χ1n) is 7.59. The molecule has 1 N–H and O–H groups in total. The number of hydrogen-bond donors (Lipinski definition) is 1. The van der Waals surface area contributed by atoms with Gasteiger partial charge in [-0.1, -0.05) is 13.8 Å². The van der Waals surface area contributed by atoms with Gasteiger partial charge in [-0.2, -0.15) is 0 Å². The molecule has 2 atom stereocenters. The minimum atomic E-state index is 0.276. The molecule has 3 nitrogen and oxygen atoms in total. The molecule has 3 heteroatoms. The molecule has 1 heterocycles. The van der Waals surface area contributed by atoms with Crippen LogP contribution in [0.3, 0.4) is 0 Å². The molecular weight excluding hydrogens is 250 g/mol. The topological polar surface area (TPSA) is 30.5 Å². The highest BCUT2D eigenvalue weighted by Gasteiger charge is 2.21. The van der Waals surface area contributed by atoms with Crippen LogP contribution in [-0.4, -0.2) is 19.3 Å². The van der Waals surface area contributed by atoms with Crippen LogP contribution >= 0.6 is 0 Å². The van der Waals surface area contributed by atoms with Gasteiger partial charge in [-0.25, -0.2) is 0 Å². The van der Waals surface area contributed by atoms with E-state index in [1.54, 1.807) is 7.11 Å². The number of ether oxygens (including phenoxy) is 2. The molecule has 0 aromatic heterocycles. The Morgan fingerprint density at radius 1 is 1.35 bits per heavy atom. The van der Waals surface area contributed by atoms with E-state index < -0.39 is 0 Å². The molecule has 0 saturated carbocycles. The van der Waals surface area contributed by atoms with Gasteiger partial charge in [-0.05, 0) is 38.3 Å². The summed E-state index contributed by atoms with van der Waals surface area (Å²) >= 11 is 0. The Morgan fingerprint density at radius 3 is 2.75 bits per heavy atom. The van der Waals surface area contributed by atoms with Crippen molar-refractivity contribution in [3.8, 4) is 11.5 Å². The van der Waals surface area contributed by atoms with E-state index in [-0.39, 0.29) is 6.10 Å². The summed E-state index contributed by atoms with van der Waals surface area (Å²) in [7, 11) is 1.74. The van der Waals surface area contributed by atoms with Crippen LogP contribution in [0.25, 0.3) is 0 Å². The van der Waals surface area contributed by atoms with Gasteiger partial charge in [0.15, 0.2) is 0 Å². The Bertz CT molecular complexity index is 457. The largest absolute Gasteiger partial charge is 0.496 e. The molecule has 0 radical (unpaired) electrons. The first-order valence-corrected chi connectivity index (χ1v) is 7.59. The molecule has 0 fully saturated rings. The summed E-state index contributed by atoms with van der Waals surface area (Å²) in [5, 5.41) is 3.57. The van der Waals surface area contributed by atoms with Crippen LogP contribution in [0.2, 0.25) is 0 Å². The van der Waals surface area contributed by atoms with Crippen molar-refractivity contribution in [1.29, 1.82) is 0 Å². The number of hydrogen-bond acceptors (Lipinski definition) is 3. The molecular formula is C17H27NO2. The van der Waals surface area contributed by atoms with Gasteiger partial charge >= 0.3 is 0 Å². The molecule has 0 amide bonds. The molecule has 2 unspecified atom stereocenters. The van der Waals surface area contributed by atoms with Crippen LogP contribution in [0, 0.1) is 5.92 Å². The third-order valence-electron chi connectivity index (χ3n) is 3.76. The van der Waals surface area contributed by atoms with Crippen LogP contribution in [0.5, 0.6) is 11.5 Å². The smallest absolute Gasteiger partial charge is 0.123 e. The summed E-state index contributed by atoms with van der Waals surface area (Å²) in [6.45, 7) is 9.67. The second-order valence-corrected chi connectivity index (χ2v) is 6.32. The maximum atomic E-state index is 5.83. The first kappa shape index (κ1) is 15.2. The number of methoxy groups -OCH3 is 1. The minimum Gasteiger partial charge on any atom is -0.496 e. The van der Waals surface area contributed by atoms with Gasteiger partial charge in [0.2, 0.25) is 0 Å².